The van der Waals surface area contributed by atoms with E-state index in [1.54, 1.807) is 43.3 Å². The summed E-state index contributed by atoms with van der Waals surface area (Å²) in [4.78, 5) is 23.8. The maximum Gasteiger partial charge on any atom is 0.412 e. The Balaban J connectivity index is 1.64. The molecule has 0 aliphatic heterocycles. The Hall–Kier alpha value is -3.67. The van der Waals surface area contributed by atoms with Gasteiger partial charge in [-0.05, 0) is 48.2 Å². The number of amides is 1. The number of rotatable bonds is 7. The highest BCUT2D eigenvalue weighted by Gasteiger charge is 2.18. The summed E-state index contributed by atoms with van der Waals surface area (Å²) < 4.78 is 24.8. The molecule has 0 spiro atoms. The summed E-state index contributed by atoms with van der Waals surface area (Å²) in [5.41, 5.74) is 2.55. The zero-order valence-electron chi connectivity index (χ0n) is 17.4. The van der Waals surface area contributed by atoms with E-state index in [2.05, 4.69) is 5.32 Å². The standard InChI is InChI=1S/C25H24FNO4/c1-17(24(28)30-2)19-11-12-22(23(26)16-19)20-9-6-10-21(15-20)31-25(29)27-14-13-18-7-4-3-5-8-18/h3-12,15-17H,13-14H2,1-2H3,(H,27,29). The van der Waals surface area contributed by atoms with Crippen LogP contribution in [-0.4, -0.2) is 25.7 Å². The molecule has 0 aromatic heterocycles. The van der Waals surface area contributed by atoms with Crippen LogP contribution in [-0.2, 0) is 16.0 Å². The molecule has 0 fully saturated rings. The van der Waals surface area contributed by atoms with E-state index in [0.29, 0.717) is 35.4 Å². The summed E-state index contributed by atoms with van der Waals surface area (Å²) in [7, 11) is 1.30. The van der Waals surface area contributed by atoms with Gasteiger partial charge in [0.25, 0.3) is 0 Å². The molecule has 0 radical (unpaired) electrons. The number of ether oxygens (including phenoxy) is 2. The van der Waals surface area contributed by atoms with Crippen molar-refractivity contribution in [2.24, 2.45) is 0 Å². The second-order valence-corrected chi connectivity index (χ2v) is 7.06. The molecule has 0 heterocycles. The number of carbonyl (C=O) groups is 2. The second kappa shape index (κ2) is 10.4. The van der Waals surface area contributed by atoms with Crippen LogP contribution in [0.5, 0.6) is 5.75 Å². The predicted molar refractivity (Wildman–Crippen MR) is 116 cm³/mol. The molecule has 1 N–H and O–H groups in total. The van der Waals surface area contributed by atoms with E-state index in [1.165, 1.54) is 13.2 Å². The van der Waals surface area contributed by atoms with Gasteiger partial charge in [0.05, 0.1) is 13.0 Å². The van der Waals surface area contributed by atoms with Gasteiger partial charge >= 0.3 is 12.1 Å². The van der Waals surface area contributed by atoms with Crippen LogP contribution in [0.15, 0.2) is 72.8 Å². The molecular weight excluding hydrogens is 397 g/mol. The fourth-order valence-electron chi connectivity index (χ4n) is 3.17. The van der Waals surface area contributed by atoms with Crippen molar-refractivity contribution < 1.29 is 23.5 Å². The Labute approximate surface area is 180 Å². The topological polar surface area (TPSA) is 64.6 Å². The summed E-state index contributed by atoms with van der Waals surface area (Å²) in [5, 5.41) is 2.71. The fraction of sp³-hybridized carbons (Fsp3) is 0.200. The van der Waals surface area contributed by atoms with Gasteiger partial charge in [0.2, 0.25) is 0 Å². The highest BCUT2D eigenvalue weighted by Crippen LogP contribution is 2.29. The normalized spacial score (nSPS) is 11.5. The minimum absolute atomic E-state index is 0.307. The molecule has 31 heavy (non-hydrogen) atoms. The van der Waals surface area contributed by atoms with Gasteiger partial charge in [-0.25, -0.2) is 9.18 Å². The van der Waals surface area contributed by atoms with Crippen molar-refractivity contribution in [1.82, 2.24) is 5.32 Å². The Morgan fingerprint density at radius 1 is 1.00 bits per heavy atom. The molecule has 1 atom stereocenters. The van der Waals surface area contributed by atoms with Crippen molar-refractivity contribution in [2.45, 2.75) is 19.3 Å². The van der Waals surface area contributed by atoms with Crippen LogP contribution in [0.1, 0.15) is 24.0 Å². The first-order chi connectivity index (χ1) is 15.0. The van der Waals surface area contributed by atoms with E-state index in [-0.39, 0.29) is 0 Å². The SMILES string of the molecule is COC(=O)C(C)c1ccc(-c2cccc(OC(=O)NCCc3ccccc3)c2)c(F)c1. The van der Waals surface area contributed by atoms with Crippen molar-refractivity contribution in [3.05, 3.63) is 89.7 Å². The van der Waals surface area contributed by atoms with Crippen LogP contribution in [0.25, 0.3) is 11.1 Å². The summed E-state index contributed by atoms with van der Waals surface area (Å²) >= 11 is 0. The van der Waals surface area contributed by atoms with E-state index >= 15 is 0 Å². The Morgan fingerprint density at radius 3 is 2.48 bits per heavy atom. The van der Waals surface area contributed by atoms with Gasteiger partial charge in [-0.2, -0.15) is 0 Å². The number of hydrogen-bond donors (Lipinski definition) is 1. The lowest BCUT2D eigenvalue weighted by atomic mass is 9.97. The maximum absolute atomic E-state index is 14.7. The predicted octanol–water partition coefficient (Wildman–Crippen LogP) is 5.10. The van der Waals surface area contributed by atoms with E-state index in [1.807, 2.05) is 30.3 Å². The monoisotopic (exact) mass is 421 g/mol. The zero-order valence-corrected chi connectivity index (χ0v) is 17.4. The highest BCUT2D eigenvalue weighted by atomic mass is 19.1. The van der Waals surface area contributed by atoms with Crippen molar-refractivity contribution in [3.8, 4) is 16.9 Å². The third-order valence-corrected chi connectivity index (χ3v) is 4.93. The maximum atomic E-state index is 14.7. The zero-order chi connectivity index (χ0) is 22.2. The molecule has 0 aliphatic rings. The van der Waals surface area contributed by atoms with Gasteiger partial charge < -0.3 is 14.8 Å². The molecule has 0 saturated carbocycles. The van der Waals surface area contributed by atoms with E-state index in [0.717, 1.165) is 5.56 Å². The number of esters is 1. The number of halogens is 1. The molecule has 3 aromatic rings. The lowest BCUT2D eigenvalue weighted by Gasteiger charge is -2.12. The fourth-order valence-corrected chi connectivity index (χ4v) is 3.17. The van der Waals surface area contributed by atoms with Gasteiger partial charge in [-0.1, -0.05) is 54.6 Å². The van der Waals surface area contributed by atoms with Crippen LogP contribution in [0.2, 0.25) is 0 Å². The highest BCUT2D eigenvalue weighted by molar-refractivity contribution is 5.78. The first kappa shape index (κ1) is 22.0. The van der Waals surface area contributed by atoms with Crippen molar-refractivity contribution >= 4 is 12.1 Å². The van der Waals surface area contributed by atoms with Crippen LogP contribution in [0.4, 0.5) is 9.18 Å². The largest absolute Gasteiger partial charge is 0.469 e. The van der Waals surface area contributed by atoms with Gasteiger partial charge in [-0.15, -0.1) is 0 Å². The minimum Gasteiger partial charge on any atom is -0.469 e. The third-order valence-electron chi connectivity index (χ3n) is 4.93. The molecular formula is C25H24FNO4. The minimum atomic E-state index is -0.573. The van der Waals surface area contributed by atoms with Gasteiger partial charge in [0.15, 0.2) is 0 Å². The van der Waals surface area contributed by atoms with Crippen LogP contribution >= 0.6 is 0 Å². The van der Waals surface area contributed by atoms with Crippen LogP contribution in [0, 0.1) is 5.82 Å². The summed E-state index contributed by atoms with van der Waals surface area (Å²) in [6, 6.07) is 21.0. The average molecular weight is 421 g/mol. The number of benzene rings is 3. The Kier molecular flexibility index (Phi) is 7.38. The van der Waals surface area contributed by atoms with Crippen LogP contribution in [0.3, 0.4) is 0 Å². The molecule has 1 amide bonds. The van der Waals surface area contributed by atoms with Gasteiger partial charge in [-0.3, -0.25) is 4.79 Å². The van der Waals surface area contributed by atoms with E-state index in [4.69, 9.17) is 9.47 Å². The molecule has 6 heteroatoms. The smallest absolute Gasteiger partial charge is 0.412 e. The summed E-state index contributed by atoms with van der Waals surface area (Å²) in [5.74, 6) is -1.16. The lowest BCUT2D eigenvalue weighted by Crippen LogP contribution is -2.28. The molecule has 160 valence electrons. The molecule has 3 aromatic carbocycles. The Morgan fingerprint density at radius 2 is 1.77 bits per heavy atom. The van der Waals surface area contributed by atoms with Gasteiger partial charge in [0, 0.05) is 12.1 Å². The average Bonchev–Trinajstić information content (AvgIpc) is 2.78. The first-order valence-corrected chi connectivity index (χ1v) is 9.95. The molecule has 0 saturated heterocycles. The number of carbonyl (C=O) groups excluding carboxylic acids is 2. The third kappa shape index (κ3) is 5.92. The van der Waals surface area contributed by atoms with Crippen molar-refractivity contribution in [1.29, 1.82) is 0 Å². The molecule has 0 aliphatic carbocycles. The molecule has 0 bridgehead atoms. The number of hydrogen-bond acceptors (Lipinski definition) is 4. The Bertz CT molecular complexity index is 1050. The second-order valence-electron chi connectivity index (χ2n) is 7.06. The first-order valence-electron chi connectivity index (χ1n) is 9.95. The summed E-state index contributed by atoms with van der Waals surface area (Å²) in [6.07, 6.45) is 0.119. The quantitative estimate of drug-likeness (QED) is 0.539. The molecule has 1 unspecified atom stereocenters. The van der Waals surface area contributed by atoms with Crippen LogP contribution < -0.4 is 10.1 Å². The van der Waals surface area contributed by atoms with Crippen molar-refractivity contribution in [3.63, 3.8) is 0 Å². The van der Waals surface area contributed by atoms with Gasteiger partial charge in [0.1, 0.15) is 11.6 Å². The van der Waals surface area contributed by atoms with E-state index in [9.17, 15) is 14.0 Å². The molecule has 3 rings (SSSR count). The van der Waals surface area contributed by atoms with Crippen molar-refractivity contribution in [2.75, 3.05) is 13.7 Å². The van der Waals surface area contributed by atoms with E-state index < -0.39 is 23.8 Å². The lowest BCUT2D eigenvalue weighted by molar-refractivity contribution is -0.141. The molecule has 5 nitrogen and oxygen atoms in total. The summed E-state index contributed by atoms with van der Waals surface area (Å²) in [6.45, 7) is 2.10. The number of nitrogens with one attached hydrogen (secondary N) is 1. The number of methoxy groups -OCH3 is 1.